The summed E-state index contributed by atoms with van der Waals surface area (Å²) < 4.78 is 2.08. The normalized spacial score (nSPS) is 20.5. The summed E-state index contributed by atoms with van der Waals surface area (Å²) in [5.74, 6) is 0. The molecule has 3 heteroatoms. The minimum absolute atomic E-state index is 0.522. The summed E-state index contributed by atoms with van der Waals surface area (Å²) in [6.45, 7) is 0.849. The van der Waals surface area contributed by atoms with Crippen molar-refractivity contribution in [1.29, 1.82) is 0 Å². The van der Waals surface area contributed by atoms with Gasteiger partial charge in [0.05, 0.1) is 5.69 Å². The van der Waals surface area contributed by atoms with Gasteiger partial charge in [0.1, 0.15) is 6.23 Å². The van der Waals surface area contributed by atoms with E-state index in [0.29, 0.717) is 0 Å². The van der Waals surface area contributed by atoms with Crippen LogP contribution in [0.25, 0.3) is 10.9 Å². The van der Waals surface area contributed by atoms with Gasteiger partial charge in [-0.05, 0) is 18.1 Å². The summed E-state index contributed by atoms with van der Waals surface area (Å²) in [4.78, 5) is 0. The molecule has 78 valence electrons. The number of para-hydroxylation sites is 1. The highest BCUT2D eigenvalue weighted by Gasteiger charge is 2.23. The number of fused-ring (bicyclic) bond motifs is 3. The fourth-order valence-electron chi connectivity index (χ4n) is 2.53. The lowest BCUT2D eigenvalue weighted by molar-refractivity contribution is 0.125. The van der Waals surface area contributed by atoms with E-state index in [-0.39, 0.29) is 0 Å². The molecule has 0 aliphatic carbocycles. The van der Waals surface area contributed by atoms with E-state index in [1.54, 1.807) is 0 Å². The van der Waals surface area contributed by atoms with E-state index in [4.69, 9.17) is 0 Å². The summed E-state index contributed by atoms with van der Waals surface area (Å²) in [5.41, 5.74) is 3.51. The highest BCUT2D eigenvalue weighted by Crippen LogP contribution is 2.30. The summed E-state index contributed by atoms with van der Waals surface area (Å²) >= 11 is 0. The Morgan fingerprint density at radius 2 is 2.20 bits per heavy atom. The molecule has 0 fully saturated rings. The summed E-state index contributed by atoms with van der Waals surface area (Å²) in [6.07, 6.45) is 0.472. The van der Waals surface area contributed by atoms with E-state index >= 15 is 0 Å². The van der Waals surface area contributed by atoms with Gasteiger partial charge in [0.25, 0.3) is 0 Å². The average molecular weight is 202 g/mol. The zero-order valence-electron chi connectivity index (χ0n) is 8.70. The lowest BCUT2D eigenvalue weighted by Crippen LogP contribution is -2.30. The minimum Gasteiger partial charge on any atom is -0.373 e. The second-order valence-electron chi connectivity index (χ2n) is 4.05. The van der Waals surface area contributed by atoms with Gasteiger partial charge < -0.3 is 9.67 Å². The highest BCUT2D eigenvalue weighted by atomic mass is 16.3. The molecule has 1 aliphatic rings. The third-order valence-electron chi connectivity index (χ3n) is 3.23. The molecule has 0 radical (unpaired) electrons. The number of hydrogen-bond donors (Lipinski definition) is 2. The molecule has 1 aromatic carbocycles. The molecule has 0 bridgehead atoms. The van der Waals surface area contributed by atoms with Gasteiger partial charge in [0.15, 0.2) is 0 Å². The standard InChI is InChI=1S/C12H14N2O/c1-14-10-5-3-2-4-8(10)9-6-7-13-12(15)11(9)14/h2-5,12-13,15H,6-7H2,1H3. The topological polar surface area (TPSA) is 37.2 Å². The van der Waals surface area contributed by atoms with Crippen molar-refractivity contribution >= 4 is 10.9 Å². The van der Waals surface area contributed by atoms with Crippen molar-refractivity contribution in [2.45, 2.75) is 12.6 Å². The van der Waals surface area contributed by atoms with Gasteiger partial charge in [-0.15, -0.1) is 0 Å². The van der Waals surface area contributed by atoms with Crippen LogP contribution in [-0.2, 0) is 13.5 Å². The van der Waals surface area contributed by atoms with E-state index in [1.807, 2.05) is 13.1 Å². The van der Waals surface area contributed by atoms with Crippen molar-refractivity contribution in [3.63, 3.8) is 0 Å². The second-order valence-corrected chi connectivity index (χ2v) is 4.05. The molecule has 1 unspecified atom stereocenters. The first kappa shape index (κ1) is 8.95. The van der Waals surface area contributed by atoms with Gasteiger partial charge in [-0.25, -0.2) is 0 Å². The van der Waals surface area contributed by atoms with Gasteiger partial charge in [-0.3, -0.25) is 5.32 Å². The molecule has 1 atom stereocenters. The molecular weight excluding hydrogens is 188 g/mol. The predicted octanol–water partition coefficient (Wildman–Crippen LogP) is 1.31. The molecule has 2 heterocycles. The Kier molecular flexibility index (Phi) is 1.84. The van der Waals surface area contributed by atoms with Crippen LogP contribution >= 0.6 is 0 Å². The van der Waals surface area contributed by atoms with Crippen molar-refractivity contribution in [2.75, 3.05) is 6.54 Å². The van der Waals surface area contributed by atoms with Crippen molar-refractivity contribution in [1.82, 2.24) is 9.88 Å². The monoisotopic (exact) mass is 202 g/mol. The van der Waals surface area contributed by atoms with Crippen LogP contribution in [0.4, 0.5) is 0 Å². The van der Waals surface area contributed by atoms with Gasteiger partial charge in [0.2, 0.25) is 0 Å². The fourth-order valence-corrected chi connectivity index (χ4v) is 2.53. The van der Waals surface area contributed by atoms with E-state index in [1.165, 1.54) is 16.5 Å². The number of rotatable bonds is 0. The number of aliphatic hydroxyl groups excluding tert-OH is 1. The van der Waals surface area contributed by atoms with Crippen LogP contribution in [0, 0.1) is 0 Å². The molecule has 0 saturated heterocycles. The Hall–Kier alpha value is -1.32. The molecule has 0 saturated carbocycles. The molecule has 15 heavy (non-hydrogen) atoms. The molecule has 0 spiro atoms. The molecular formula is C12H14N2O. The minimum atomic E-state index is -0.522. The Morgan fingerprint density at radius 3 is 3.07 bits per heavy atom. The molecule has 3 rings (SSSR count). The van der Waals surface area contributed by atoms with E-state index in [2.05, 4.69) is 28.1 Å². The van der Waals surface area contributed by atoms with E-state index in [9.17, 15) is 5.11 Å². The first-order valence-electron chi connectivity index (χ1n) is 5.26. The zero-order valence-corrected chi connectivity index (χ0v) is 8.70. The van der Waals surface area contributed by atoms with Gasteiger partial charge in [0, 0.05) is 24.5 Å². The largest absolute Gasteiger partial charge is 0.373 e. The number of aliphatic hydroxyl groups is 1. The van der Waals surface area contributed by atoms with Crippen LogP contribution in [-0.4, -0.2) is 16.2 Å². The maximum Gasteiger partial charge on any atom is 0.146 e. The van der Waals surface area contributed by atoms with Crippen LogP contribution in [0.5, 0.6) is 0 Å². The second kappa shape index (κ2) is 3.08. The van der Waals surface area contributed by atoms with E-state index in [0.717, 1.165) is 18.7 Å². The van der Waals surface area contributed by atoms with Crippen molar-refractivity contribution < 1.29 is 5.11 Å². The Bertz CT molecular complexity index is 516. The lowest BCUT2D eigenvalue weighted by atomic mass is 10.0. The number of aryl methyl sites for hydroxylation is 1. The Balaban J connectivity index is 2.40. The molecule has 0 amide bonds. The SMILES string of the molecule is Cn1c2c(c3ccccc31)CCNC2O. The van der Waals surface area contributed by atoms with Gasteiger partial charge in [-0.2, -0.15) is 0 Å². The molecule has 1 aromatic heterocycles. The van der Waals surface area contributed by atoms with Crippen LogP contribution < -0.4 is 5.32 Å². The number of nitrogens with one attached hydrogen (secondary N) is 1. The molecule has 2 aromatic rings. The summed E-state index contributed by atoms with van der Waals surface area (Å²) in [7, 11) is 2.01. The lowest BCUT2D eigenvalue weighted by Gasteiger charge is -2.21. The molecule has 1 aliphatic heterocycles. The first-order chi connectivity index (χ1) is 7.29. The number of hydrogen-bond acceptors (Lipinski definition) is 2. The first-order valence-corrected chi connectivity index (χ1v) is 5.26. The molecule has 2 N–H and O–H groups in total. The number of benzene rings is 1. The summed E-state index contributed by atoms with van der Waals surface area (Å²) in [6, 6.07) is 8.32. The predicted molar refractivity (Wildman–Crippen MR) is 59.6 cm³/mol. The maximum atomic E-state index is 9.91. The maximum absolute atomic E-state index is 9.91. The van der Waals surface area contributed by atoms with Crippen LogP contribution in [0.1, 0.15) is 17.5 Å². The average Bonchev–Trinajstić information content (AvgIpc) is 2.55. The smallest absolute Gasteiger partial charge is 0.146 e. The van der Waals surface area contributed by atoms with E-state index < -0.39 is 6.23 Å². The van der Waals surface area contributed by atoms with Gasteiger partial charge in [-0.1, -0.05) is 18.2 Å². The Morgan fingerprint density at radius 1 is 1.40 bits per heavy atom. The van der Waals surface area contributed by atoms with Crippen molar-refractivity contribution in [2.24, 2.45) is 7.05 Å². The molecule has 3 nitrogen and oxygen atoms in total. The zero-order chi connectivity index (χ0) is 10.4. The van der Waals surface area contributed by atoms with Gasteiger partial charge >= 0.3 is 0 Å². The number of aromatic nitrogens is 1. The Labute approximate surface area is 88.3 Å². The summed E-state index contributed by atoms with van der Waals surface area (Å²) in [5, 5.41) is 14.3. The van der Waals surface area contributed by atoms with Crippen molar-refractivity contribution in [3.05, 3.63) is 35.5 Å². The van der Waals surface area contributed by atoms with Crippen LogP contribution in [0.2, 0.25) is 0 Å². The quantitative estimate of drug-likeness (QED) is 0.676. The third kappa shape index (κ3) is 1.14. The van der Waals surface area contributed by atoms with Crippen molar-refractivity contribution in [3.8, 4) is 0 Å². The highest BCUT2D eigenvalue weighted by molar-refractivity contribution is 5.85. The fraction of sp³-hybridized carbons (Fsp3) is 0.333. The number of nitrogens with zero attached hydrogens (tertiary/aromatic N) is 1. The van der Waals surface area contributed by atoms with Crippen LogP contribution in [0.15, 0.2) is 24.3 Å². The third-order valence-corrected chi connectivity index (χ3v) is 3.23. The van der Waals surface area contributed by atoms with Crippen LogP contribution in [0.3, 0.4) is 0 Å².